The van der Waals surface area contributed by atoms with Crippen molar-refractivity contribution in [2.45, 2.75) is 38.2 Å². The van der Waals surface area contributed by atoms with Crippen molar-refractivity contribution in [3.8, 4) is 0 Å². The van der Waals surface area contributed by atoms with Gasteiger partial charge in [0.15, 0.2) is 0 Å². The van der Waals surface area contributed by atoms with Crippen LogP contribution in [-0.2, 0) is 14.3 Å². The monoisotopic (exact) mass is 308 g/mol. The third-order valence-corrected chi connectivity index (χ3v) is 6.16. The Kier molecular flexibility index (Phi) is 4.13. The van der Waals surface area contributed by atoms with Gasteiger partial charge >= 0.3 is 0 Å². The molecule has 0 bridgehead atoms. The average Bonchev–Trinajstić information content (AvgIpc) is 2.95. The minimum Gasteiger partial charge on any atom is -0.378 e. The number of fused-ring (bicyclic) bond motifs is 1. The molecule has 0 spiro atoms. The van der Waals surface area contributed by atoms with Gasteiger partial charge in [0.25, 0.3) is 0 Å². The van der Waals surface area contributed by atoms with Gasteiger partial charge < -0.3 is 19.3 Å². The van der Waals surface area contributed by atoms with Gasteiger partial charge in [0, 0.05) is 39.3 Å². The fourth-order valence-corrected chi connectivity index (χ4v) is 4.61. The first kappa shape index (κ1) is 14.9. The number of carbonyl (C=O) groups excluding carboxylic acids is 1. The fourth-order valence-electron chi connectivity index (χ4n) is 4.61. The molecule has 0 aromatic carbocycles. The first-order valence-corrected chi connectivity index (χ1v) is 8.99. The molecule has 1 amide bonds. The lowest BCUT2D eigenvalue weighted by Crippen LogP contribution is -2.59. The molecule has 0 aromatic rings. The minimum atomic E-state index is -0.278. The van der Waals surface area contributed by atoms with E-state index in [1.807, 2.05) is 4.90 Å². The number of piperidine rings is 1. The van der Waals surface area contributed by atoms with Crippen LogP contribution in [0.3, 0.4) is 0 Å². The summed E-state index contributed by atoms with van der Waals surface area (Å²) in [6.45, 7) is 6.79. The standard InChI is InChI=1S/C17H28N2O3/c20-16(19-7-10-21-11-8-19)17-5-9-22-15(17)4-6-18(13-17)12-14-2-1-3-14/h14-15H,1-13H2/t15-,17-/m1/s1. The number of rotatable bonds is 3. The van der Waals surface area contributed by atoms with E-state index in [0.29, 0.717) is 19.1 Å². The maximum absolute atomic E-state index is 13.2. The first-order valence-electron chi connectivity index (χ1n) is 8.99. The zero-order chi connectivity index (χ0) is 15.0. The van der Waals surface area contributed by atoms with Crippen LogP contribution in [0.4, 0.5) is 0 Å². The maximum Gasteiger partial charge on any atom is 0.232 e. The predicted molar refractivity (Wildman–Crippen MR) is 82.6 cm³/mol. The van der Waals surface area contributed by atoms with Crippen molar-refractivity contribution in [2.75, 3.05) is 52.5 Å². The van der Waals surface area contributed by atoms with E-state index < -0.39 is 0 Å². The van der Waals surface area contributed by atoms with E-state index >= 15 is 0 Å². The van der Waals surface area contributed by atoms with Gasteiger partial charge in [-0.05, 0) is 31.6 Å². The lowest BCUT2D eigenvalue weighted by molar-refractivity contribution is -0.155. The molecule has 0 N–H and O–H groups in total. The summed E-state index contributed by atoms with van der Waals surface area (Å²) in [5.41, 5.74) is -0.278. The van der Waals surface area contributed by atoms with Crippen molar-refractivity contribution >= 4 is 5.91 Å². The quantitative estimate of drug-likeness (QED) is 0.784. The number of hydrogen-bond donors (Lipinski definition) is 0. The second-order valence-corrected chi connectivity index (χ2v) is 7.49. The van der Waals surface area contributed by atoms with Crippen molar-refractivity contribution in [1.82, 2.24) is 9.80 Å². The Morgan fingerprint density at radius 1 is 1.09 bits per heavy atom. The van der Waals surface area contributed by atoms with Gasteiger partial charge in [-0.1, -0.05) is 6.42 Å². The first-order chi connectivity index (χ1) is 10.8. The largest absolute Gasteiger partial charge is 0.378 e. The molecule has 5 heteroatoms. The molecule has 3 aliphatic heterocycles. The normalized spacial score (nSPS) is 36.9. The summed E-state index contributed by atoms with van der Waals surface area (Å²) in [6.07, 6.45) is 6.20. The van der Waals surface area contributed by atoms with Crippen LogP contribution >= 0.6 is 0 Å². The molecule has 0 unspecified atom stereocenters. The fraction of sp³-hybridized carbons (Fsp3) is 0.941. The molecule has 1 aliphatic carbocycles. The Balaban J connectivity index is 1.48. The number of likely N-dealkylation sites (tertiary alicyclic amines) is 1. The zero-order valence-electron chi connectivity index (χ0n) is 13.5. The lowest BCUT2D eigenvalue weighted by atomic mass is 9.74. The molecule has 4 aliphatic rings. The van der Waals surface area contributed by atoms with E-state index in [9.17, 15) is 4.79 Å². The van der Waals surface area contributed by atoms with Gasteiger partial charge in [0.1, 0.15) is 0 Å². The summed E-state index contributed by atoms with van der Waals surface area (Å²) < 4.78 is 11.4. The van der Waals surface area contributed by atoms with E-state index in [-0.39, 0.29) is 11.5 Å². The SMILES string of the molecule is O=C(N1CCOCC1)[C@@]12CCO[C@@H]1CCN(CC1CCC1)C2. The molecule has 124 valence electrons. The number of hydrogen-bond acceptors (Lipinski definition) is 4. The summed E-state index contributed by atoms with van der Waals surface area (Å²) in [5.74, 6) is 1.20. The van der Waals surface area contributed by atoms with E-state index in [2.05, 4.69) is 4.90 Å². The van der Waals surface area contributed by atoms with Gasteiger partial charge in [-0.25, -0.2) is 0 Å². The predicted octanol–water partition coefficient (Wildman–Crippen LogP) is 1.13. The lowest BCUT2D eigenvalue weighted by Gasteiger charge is -2.46. The van der Waals surface area contributed by atoms with Crippen LogP contribution in [-0.4, -0.2) is 74.4 Å². The Bertz CT molecular complexity index is 420. The molecule has 0 aromatic heterocycles. The van der Waals surface area contributed by atoms with E-state index in [4.69, 9.17) is 9.47 Å². The van der Waals surface area contributed by atoms with Crippen molar-refractivity contribution in [3.05, 3.63) is 0 Å². The van der Waals surface area contributed by atoms with Crippen LogP contribution in [0.2, 0.25) is 0 Å². The summed E-state index contributed by atoms with van der Waals surface area (Å²) >= 11 is 0. The highest BCUT2D eigenvalue weighted by molar-refractivity contribution is 5.84. The highest BCUT2D eigenvalue weighted by Gasteiger charge is 2.54. The van der Waals surface area contributed by atoms with Gasteiger partial charge in [0.05, 0.1) is 24.7 Å². The second kappa shape index (κ2) is 6.10. The topological polar surface area (TPSA) is 42.0 Å². The van der Waals surface area contributed by atoms with Crippen LogP contribution in [0.1, 0.15) is 32.1 Å². The van der Waals surface area contributed by atoms with Crippen LogP contribution in [0.5, 0.6) is 0 Å². The molecule has 0 radical (unpaired) electrons. The molecule has 3 saturated heterocycles. The van der Waals surface area contributed by atoms with Crippen LogP contribution in [0, 0.1) is 11.3 Å². The Labute approximate surface area is 132 Å². The molecule has 2 atom stereocenters. The zero-order valence-corrected chi connectivity index (χ0v) is 13.5. The van der Waals surface area contributed by atoms with Crippen LogP contribution in [0.25, 0.3) is 0 Å². The smallest absolute Gasteiger partial charge is 0.232 e. The summed E-state index contributed by atoms with van der Waals surface area (Å²) in [6, 6.07) is 0. The van der Waals surface area contributed by atoms with Crippen LogP contribution < -0.4 is 0 Å². The van der Waals surface area contributed by atoms with Gasteiger partial charge in [-0.2, -0.15) is 0 Å². The Morgan fingerprint density at radius 3 is 2.64 bits per heavy atom. The third kappa shape index (κ3) is 2.57. The molecular formula is C17H28N2O3. The number of morpholine rings is 1. The maximum atomic E-state index is 13.2. The molecule has 4 fully saturated rings. The van der Waals surface area contributed by atoms with E-state index in [1.54, 1.807) is 0 Å². The number of ether oxygens (including phenoxy) is 2. The molecule has 22 heavy (non-hydrogen) atoms. The second-order valence-electron chi connectivity index (χ2n) is 7.49. The highest BCUT2D eigenvalue weighted by Crippen LogP contribution is 2.43. The van der Waals surface area contributed by atoms with Gasteiger partial charge in [-0.15, -0.1) is 0 Å². The van der Waals surface area contributed by atoms with Gasteiger partial charge in [0.2, 0.25) is 5.91 Å². The van der Waals surface area contributed by atoms with Crippen molar-refractivity contribution in [1.29, 1.82) is 0 Å². The average molecular weight is 308 g/mol. The van der Waals surface area contributed by atoms with Crippen molar-refractivity contribution in [3.63, 3.8) is 0 Å². The van der Waals surface area contributed by atoms with Crippen molar-refractivity contribution < 1.29 is 14.3 Å². The van der Waals surface area contributed by atoms with Gasteiger partial charge in [-0.3, -0.25) is 4.79 Å². The molecule has 5 nitrogen and oxygen atoms in total. The highest BCUT2D eigenvalue weighted by atomic mass is 16.5. The third-order valence-electron chi connectivity index (χ3n) is 6.16. The number of amides is 1. The molecule has 4 rings (SSSR count). The van der Waals surface area contributed by atoms with Crippen molar-refractivity contribution in [2.24, 2.45) is 11.3 Å². The summed E-state index contributed by atoms with van der Waals surface area (Å²) in [5, 5.41) is 0. The Morgan fingerprint density at radius 2 is 1.91 bits per heavy atom. The van der Waals surface area contributed by atoms with Crippen LogP contribution in [0.15, 0.2) is 0 Å². The van der Waals surface area contributed by atoms with E-state index in [0.717, 1.165) is 51.5 Å². The number of carbonyl (C=O) groups is 1. The summed E-state index contributed by atoms with van der Waals surface area (Å²) in [7, 11) is 0. The minimum absolute atomic E-state index is 0.139. The molecule has 3 heterocycles. The summed E-state index contributed by atoms with van der Waals surface area (Å²) in [4.78, 5) is 17.8. The van der Waals surface area contributed by atoms with E-state index in [1.165, 1.54) is 25.8 Å². The Hall–Kier alpha value is -0.650. The molecule has 1 saturated carbocycles. The number of nitrogens with zero attached hydrogens (tertiary/aromatic N) is 2. The molecular weight excluding hydrogens is 280 g/mol.